The van der Waals surface area contributed by atoms with Crippen LogP contribution in [-0.4, -0.2) is 79.9 Å². The van der Waals surface area contributed by atoms with Crippen molar-refractivity contribution in [2.45, 2.75) is 58.2 Å². The number of rotatable bonds is 7. The summed E-state index contributed by atoms with van der Waals surface area (Å²) in [5.74, 6) is -0.253. The molecular formula is C38H41FN8O4. The Morgan fingerprint density at radius 2 is 1.76 bits per heavy atom. The van der Waals surface area contributed by atoms with Crippen LogP contribution in [0.3, 0.4) is 0 Å². The Balaban J connectivity index is 1.19. The number of pyridine rings is 3. The molecule has 1 aromatic carbocycles. The van der Waals surface area contributed by atoms with E-state index in [1.165, 1.54) is 23.0 Å². The van der Waals surface area contributed by atoms with Crippen LogP contribution < -0.4 is 21.3 Å². The minimum atomic E-state index is -0.741. The third-order valence-electron chi connectivity index (χ3n) is 9.95. The number of hydrogen-bond donors (Lipinski definition) is 1. The Hall–Kier alpha value is -5.27. The van der Waals surface area contributed by atoms with Gasteiger partial charge in [0.2, 0.25) is 0 Å². The summed E-state index contributed by atoms with van der Waals surface area (Å²) in [7, 11) is 1.61. The van der Waals surface area contributed by atoms with Gasteiger partial charge in [0, 0.05) is 55.6 Å². The van der Waals surface area contributed by atoms with Gasteiger partial charge in [-0.1, -0.05) is 20.8 Å². The fourth-order valence-corrected chi connectivity index (χ4v) is 6.97. The molecule has 0 spiro atoms. The number of halogens is 1. The molecule has 1 N–H and O–H groups in total. The van der Waals surface area contributed by atoms with Gasteiger partial charge in [-0.2, -0.15) is 9.78 Å². The first kappa shape index (κ1) is 34.2. The molecular weight excluding hydrogens is 651 g/mol. The lowest BCUT2D eigenvalue weighted by Crippen LogP contribution is -2.63. The lowest BCUT2D eigenvalue weighted by atomic mass is 9.86. The van der Waals surface area contributed by atoms with E-state index in [-0.39, 0.29) is 33.4 Å². The monoisotopic (exact) mass is 692 g/mol. The van der Waals surface area contributed by atoms with E-state index in [1.807, 2.05) is 39.1 Å². The number of benzene rings is 1. The van der Waals surface area contributed by atoms with Crippen LogP contribution in [0.5, 0.6) is 0 Å². The number of anilines is 3. The molecule has 0 unspecified atom stereocenters. The maximum Gasteiger partial charge on any atom is 0.283 e. The van der Waals surface area contributed by atoms with E-state index < -0.39 is 11.4 Å². The van der Waals surface area contributed by atoms with Crippen LogP contribution in [0.1, 0.15) is 50.5 Å². The predicted molar refractivity (Wildman–Crippen MR) is 195 cm³/mol. The fourth-order valence-electron chi connectivity index (χ4n) is 6.97. The second-order valence-electron chi connectivity index (χ2n) is 14.6. The Labute approximate surface area is 294 Å². The van der Waals surface area contributed by atoms with Gasteiger partial charge in [0.1, 0.15) is 17.3 Å². The van der Waals surface area contributed by atoms with Gasteiger partial charge in [-0.05, 0) is 66.8 Å². The Morgan fingerprint density at radius 3 is 2.43 bits per heavy atom. The zero-order valence-corrected chi connectivity index (χ0v) is 29.6. The van der Waals surface area contributed by atoms with E-state index in [0.717, 1.165) is 42.2 Å². The van der Waals surface area contributed by atoms with E-state index in [0.29, 0.717) is 46.7 Å². The van der Waals surface area contributed by atoms with Crippen LogP contribution in [0.15, 0.2) is 70.8 Å². The number of aryl methyl sites for hydroxylation is 1. The maximum absolute atomic E-state index is 15.4. The highest BCUT2D eigenvalue weighted by Crippen LogP contribution is 2.30. The van der Waals surface area contributed by atoms with E-state index in [1.54, 1.807) is 31.4 Å². The van der Waals surface area contributed by atoms with Crippen molar-refractivity contribution in [1.82, 2.24) is 29.2 Å². The fraction of sp³-hybridized carbons (Fsp3) is 0.368. The smallest absolute Gasteiger partial charge is 0.283 e. The minimum Gasteiger partial charge on any atom is -0.378 e. The molecule has 2 atom stereocenters. The van der Waals surface area contributed by atoms with Crippen LogP contribution in [0.25, 0.3) is 27.7 Å². The lowest BCUT2D eigenvalue weighted by molar-refractivity contribution is -0.0828. The summed E-state index contributed by atoms with van der Waals surface area (Å²) in [6.07, 6.45) is 6.82. The highest BCUT2D eigenvalue weighted by atomic mass is 19.1. The molecule has 13 heteroatoms. The molecule has 0 aliphatic carbocycles. The van der Waals surface area contributed by atoms with Gasteiger partial charge in [0.05, 0.1) is 48.3 Å². The molecule has 5 aromatic rings. The summed E-state index contributed by atoms with van der Waals surface area (Å²) in [5, 5.41) is 7.64. The number of carbonyl (C=O) groups is 1. The largest absolute Gasteiger partial charge is 0.378 e. The van der Waals surface area contributed by atoms with Crippen molar-refractivity contribution < 1.29 is 13.9 Å². The number of hydrogen-bond acceptors (Lipinski definition) is 10. The van der Waals surface area contributed by atoms with Gasteiger partial charge >= 0.3 is 0 Å². The molecule has 2 aliphatic heterocycles. The van der Waals surface area contributed by atoms with Crippen LogP contribution in [0, 0.1) is 5.82 Å². The number of ether oxygens (including phenoxy) is 1. The lowest BCUT2D eigenvalue weighted by Gasteiger charge is -2.50. The summed E-state index contributed by atoms with van der Waals surface area (Å²) >= 11 is 0. The third kappa shape index (κ3) is 6.31. The summed E-state index contributed by atoms with van der Waals surface area (Å²) < 4.78 is 23.1. The molecule has 12 nitrogen and oxygen atoms in total. The van der Waals surface area contributed by atoms with Gasteiger partial charge in [-0.3, -0.25) is 19.3 Å². The average Bonchev–Trinajstić information content (AvgIpc) is 3.07. The summed E-state index contributed by atoms with van der Waals surface area (Å²) in [6, 6.07) is 11.3. The molecule has 0 amide bonds. The second-order valence-corrected chi connectivity index (χ2v) is 14.6. The number of aldehydes is 1. The summed E-state index contributed by atoms with van der Waals surface area (Å²) in [5.41, 5.74) is 1.55. The van der Waals surface area contributed by atoms with Gasteiger partial charge in [0.15, 0.2) is 12.1 Å². The first-order chi connectivity index (χ1) is 24.3. The Bertz CT molecular complexity index is 2260. The van der Waals surface area contributed by atoms with Crippen LogP contribution in [-0.2, 0) is 17.2 Å². The normalized spacial score (nSPS) is 18.5. The highest BCUT2D eigenvalue weighted by Gasteiger charge is 2.36. The molecule has 4 aromatic heterocycles. The quantitative estimate of drug-likeness (QED) is 0.237. The summed E-state index contributed by atoms with van der Waals surface area (Å²) in [6.45, 7) is 13.7. The predicted octanol–water partition coefficient (Wildman–Crippen LogP) is 4.83. The second kappa shape index (κ2) is 13.1. The molecule has 0 bridgehead atoms. The van der Waals surface area contributed by atoms with Gasteiger partial charge in [0.25, 0.3) is 11.1 Å². The Morgan fingerprint density at radius 1 is 0.980 bits per heavy atom. The number of nitrogens with one attached hydrogen (secondary N) is 1. The number of piperazine rings is 1. The topological polar surface area (TPSA) is 127 Å². The van der Waals surface area contributed by atoms with Crippen molar-refractivity contribution in [2.24, 2.45) is 7.05 Å². The van der Waals surface area contributed by atoms with Crippen LogP contribution >= 0.6 is 0 Å². The molecule has 2 saturated heterocycles. The summed E-state index contributed by atoms with van der Waals surface area (Å²) in [4.78, 5) is 53.4. The maximum atomic E-state index is 15.4. The van der Waals surface area contributed by atoms with Gasteiger partial charge < -0.3 is 19.5 Å². The van der Waals surface area contributed by atoms with Crippen molar-refractivity contribution in [3.63, 3.8) is 0 Å². The first-order valence-electron chi connectivity index (χ1n) is 17.0. The molecule has 2 aliphatic rings. The van der Waals surface area contributed by atoms with Crippen molar-refractivity contribution >= 4 is 34.3 Å². The molecule has 2 fully saturated rings. The molecule has 6 heterocycles. The van der Waals surface area contributed by atoms with Crippen molar-refractivity contribution in [2.75, 3.05) is 36.5 Å². The van der Waals surface area contributed by atoms with E-state index >= 15 is 4.39 Å². The first-order valence-corrected chi connectivity index (χ1v) is 17.0. The number of nitrogens with zero attached hydrogens (tertiary/aromatic N) is 7. The molecule has 51 heavy (non-hydrogen) atoms. The van der Waals surface area contributed by atoms with Crippen LogP contribution in [0.4, 0.5) is 21.6 Å². The van der Waals surface area contributed by atoms with E-state index in [4.69, 9.17) is 4.74 Å². The standard InChI is InChI=1S/C38H41FN8O4/c1-22-17-46(28-20-51-21-28)23(2)16-45(22)27-7-8-33(41-15-27)43-32-12-25(18-44(6)36(32)49)29-9-10-40-35(30(29)19-48)47-37(50)34-24(14-42-47)11-26(13-31(34)39)38(3,4)5/h7-15,18-19,22-23,28H,16-17,20-21H2,1-6H3,(H,41,43)/t22-,23+/m0/s1. The van der Waals surface area contributed by atoms with Gasteiger partial charge in [-0.25, -0.2) is 14.4 Å². The zero-order chi connectivity index (χ0) is 36.2. The minimum absolute atomic E-state index is 0.0542. The van der Waals surface area contributed by atoms with E-state index in [9.17, 15) is 14.4 Å². The zero-order valence-electron chi connectivity index (χ0n) is 29.6. The highest BCUT2D eigenvalue weighted by molar-refractivity contribution is 5.92. The third-order valence-corrected chi connectivity index (χ3v) is 9.95. The molecule has 264 valence electrons. The number of aromatic nitrogens is 5. The molecule has 0 radical (unpaired) electrons. The van der Waals surface area contributed by atoms with Crippen LogP contribution in [0.2, 0.25) is 0 Å². The van der Waals surface area contributed by atoms with Crippen molar-refractivity contribution in [3.8, 4) is 16.9 Å². The number of fused-ring (bicyclic) bond motifs is 1. The van der Waals surface area contributed by atoms with Crippen molar-refractivity contribution in [3.05, 3.63) is 98.8 Å². The number of carbonyl (C=O) groups excluding carboxylic acids is 1. The van der Waals surface area contributed by atoms with Gasteiger partial charge in [-0.15, -0.1) is 0 Å². The molecule has 7 rings (SSSR count). The van der Waals surface area contributed by atoms with E-state index in [2.05, 4.69) is 44.0 Å². The molecule has 0 saturated carbocycles. The van der Waals surface area contributed by atoms with Crippen molar-refractivity contribution in [1.29, 1.82) is 0 Å². The average molecular weight is 693 g/mol. The Kier molecular flexibility index (Phi) is 8.80. The SMILES string of the molecule is C[C@@H]1CN(c2ccc(Nc3cc(-c4ccnc(-n5ncc6cc(C(C)(C)C)cc(F)c6c5=O)c4C=O)cn(C)c3=O)nc2)[C@@H](C)CN1C1COC1.